The predicted octanol–water partition coefficient (Wildman–Crippen LogP) is 4.33. The number of aromatic nitrogens is 1. The van der Waals surface area contributed by atoms with E-state index in [1.165, 1.54) is 7.11 Å². The van der Waals surface area contributed by atoms with Crippen LogP contribution in [0.15, 0.2) is 18.2 Å². The number of H-pyrrole nitrogens is 1. The Kier molecular flexibility index (Phi) is 6.46. The van der Waals surface area contributed by atoms with Crippen LogP contribution in [0.3, 0.4) is 0 Å². The van der Waals surface area contributed by atoms with Crippen molar-refractivity contribution in [2.45, 2.75) is 51.4 Å². The highest BCUT2D eigenvalue weighted by Gasteiger charge is 2.36. The lowest BCUT2D eigenvalue weighted by Gasteiger charge is -2.30. The summed E-state index contributed by atoms with van der Waals surface area (Å²) in [6.07, 6.45) is 2.03. The molecule has 5 nitrogen and oxygen atoms in total. The Balaban J connectivity index is 2.05. The maximum Gasteiger partial charge on any atom is 0.314 e. The molecular weight excluding hydrogens is 376 g/mol. The monoisotopic (exact) mass is 407 g/mol. The number of halogens is 2. The average molecular weight is 408 g/mol. The molecule has 2 atom stereocenters. The lowest BCUT2D eigenvalue weighted by molar-refractivity contribution is -0.142. The summed E-state index contributed by atoms with van der Waals surface area (Å²) >= 11 is 0. The van der Waals surface area contributed by atoms with Crippen LogP contribution in [-0.4, -0.2) is 48.5 Å². The van der Waals surface area contributed by atoms with Gasteiger partial charge in [0.2, 0.25) is 5.92 Å². The van der Waals surface area contributed by atoms with Crippen molar-refractivity contribution < 1.29 is 18.3 Å². The van der Waals surface area contributed by atoms with Crippen LogP contribution in [0, 0.1) is 5.92 Å². The number of rotatable bonds is 3. The van der Waals surface area contributed by atoms with Crippen LogP contribution < -0.4 is 5.73 Å². The molecule has 1 aromatic carbocycles. The van der Waals surface area contributed by atoms with Crippen LogP contribution in [0.25, 0.3) is 10.9 Å². The van der Waals surface area contributed by atoms with Gasteiger partial charge in [-0.15, -0.1) is 0 Å². The topological polar surface area (TPSA) is 71.3 Å². The lowest BCUT2D eigenvalue weighted by Crippen LogP contribution is -2.38. The fraction of sp³-hybridized carbons (Fsp3) is 0.591. The number of methoxy groups -OCH3 is 1. The summed E-state index contributed by atoms with van der Waals surface area (Å²) in [6.45, 7) is 4.69. The standard InChI is InChI=1S/C22H31F2N3O2/c1-4-27-11-10-16-18-12-15(25)8-9-19(18)26-20(16)17(21(28)29-3)7-5-6-14(13-27)22(2,23)24/h8-9,12,14,17,26H,4-7,10-11,13,25H2,1-3H3/t14?,17-/m1/s1. The number of nitrogen functional groups attached to an aromatic ring is 1. The number of benzene rings is 1. The first kappa shape index (κ1) is 21.6. The smallest absolute Gasteiger partial charge is 0.314 e. The Morgan fingerprint density at radius 2 is 2.14 bits per heavy atom. The third-order valence-corrected chi connectivity index (χ3v) is 6.16. The summed E-state index contributed by atoms with van der Waals surface area (Å²) in [4.78, 5) is 18.1. The van der Waals surface area contributed by atoms with Gasteiger partial charge in [-0.1, -0.05) is 13.3 Å². The minimum atomic E-state index is -2.75. The van der Waals surface area contributed by atoms with Crippen molar-refractivity contribution in [1.82, 2.24) is 9.88 Å². The second-order valence-corrected chi connectivity index (χ2v) is 8.13. The molecule has 0 bridgehead atoms. The number of aromatic amines is 1. The molecule has 0 aliphatic carbocycles. The van der Waals surface area contributed by atoms with Crippen LogP contribution >= 0.6 is 0 Å². The molecule has 0 amide bonds. The van der Waals surface area contributed by atoms with Gasteiger partial charge in [-0.25, -0.2) is 8.78 Å². The number of alkyl halides is 2. The quantitative estimate of drug-likeness (QED) is 0.587. The van der Waals surface area contributed by atoms with Crippen LogP contribution in [0.1, 0.15) is 50.3 Å². The summed E-state index contributed by atoms with van der Waals surface area (Å²) in [5.41, 5.74) is 9.45. The number of fused-ring (bicyclic) bond motifs is 3. The van der Waals surface area contributed by atoms with Gasteiger partial charge in [-0.05, 0) is 56.5 Å². The Morgan fingerprint density at radius 1 is 1.38 bits per heavy atom. The molecule has 1 aromatic heterocycles. The fourth-order valence-electron chi connectivity index (χ4n) is 4.41. The molecule has 1 aliphatic rings. The van der Waals surface area contributed by atoms with Gasteiger partial charge in [-0.2, -0.15) is 0 Å². The van der Waals surface area contributed by atoms with Gasteiger partial charge in [0, 0.05) is 41.3 Å². The van der Waals surface area contributed by atoms with Crippen LogP contribution in [0.4, 0.5) is 14.5 Å². The van der Waals surface area contributed by atoms with Gasteiger partial charge in [0.15, 0.2) is 0 Å². The van der Waals surface area contributed by atoms with Crippen LogP contribution in [0.2, 0.25) is 0 Å². The first-order valence-electron chi connectivity index (χ1n) is 10.3. The molecule has 0 spiro atoms. The summed E-state index contributed by atoms with van der Waals surface area (Å²) in [5.74, 6) is -4.32. The minimum absolute atomic E-state index is 0.336. The molecule has 3 N–H and O–H groups in total. The number of hydrogen-bond donors (Lipinski definition) is 2. The molecule has 0 radical (unpaired) electrons. The average Bonchev–Trinajstić information content (AvgIpc) is 3.00. The highest BCUT2D eigenvalue weighted by Crippen LogP contribution is 2.36. The van der Waals surface area contributed by atoms with E-state index in [0.29, 0.717) is 51.0 Å². The Labute approximate surface area is 170 Å². The van der Waals surface area contributed by atoms with E-state index in [2.05, 4.69) is 9.88 Å². The number of nitrogens with two attached hydrogens (primary N) is 1. The van der Waals surface area contributed by atoms with Gasteiger partial charge >= 0.3 is 5.97 Å². The normalized spacial score (nSPS) is 22.1. The van der Waals surface area contributed by atoms with Crippen molar-refractivity contribution >= 4 is 22.6 Å². The first-order chi connectivity index (χ1) is 13.7. The Hall–Kier alpha value is -2.15. The van der Waals surface area contributed by atoms with E-state index in [9.17, 15) is 13.6 Å². The van der Waals surface area contributed by atoms with Gasteiger partial charge in [0.05, 0.1) is 13.0 Å². The Morgan fingerprint density at radius 3 is 2.79 bits per heavy atom. The second kappa shape index (κ2) is 8.69. The molecule has 1 unspecified atom stereocenters. The lowest BCUT2D eigenvalue weighted by atomic mass is 9.90. The number of nitrogens with zero attached hydrogens (tertiary/aromatic N) is 1. The van der Waals surface area contributed by atoms with Crippen molar-refractivity contribution in [3.63, 3.8) is 0 Å². The number of likely N-dealkylation sites (N-methyl/N-ethyl adjacent to an activating group) is 1. The largest absolute Gasteiger partial charge is 0.469 e. The fourth-order valence-corrected chi connectivity index (χ4v) is 4.41. The van der Waals surface area contributed by atoms with Crippen molar-refractivity contribution in [3.8, 4) is 0 Å². The zero-order chi connectivity index (χ0) is 21.2. The van der Waals surface area contributed by atoms with E-state index in [1.807, 2.05) is 25.1 Å². The second-order valence-electron chi connectivity index (χ2n) is 8.13. The van der Waals surface area contributed by atoms with Gasteiger partial charge in [-0.3, -0.25) is 4.79 Å². The van der Waals surface area contributed by atoms with Crippen molar-refractivity contribution in [2.75, 3.05) is 32.5 Å². The number of esters is 1. The maximum atomic E-state index is 14.2. The maximum absolute atomic E-state index is 14.2. The van der Waals surface area contributed by atoms with E-state index >= 15 is 0 Å². The number of anilines is 1. The SMILES string of the molecule is CCN1CCc2c([nH]c3ccc(N)cc23)[C@H](C(=O)OC)CCCC(C(C)(F)F)C1. The molecule has 0 saturated heterocycles. The molecular formula is C22H31F2N3O2. The minimum Gasteiger partial charge on any atom is -0.469 e. The van der Waals surface area contributed by atoms with Crippen molar-refractivity contribution in [1.29, 1.82) is 0 Å². The third kappa shape index (κ3) is 4.71. The van der Waals surface area contributed by atoms with Gasteiger partial charge in [0.25, 0.3) is 0 Å². The van der Waals surface area contributed by atoms with Crippen molar-refractivity contribution in [3.05, 3.63) is 29.5 Å². The van der Waals surface area contributed by atoms with E-state index in [4.69, 9.17) is 10.5 Å². The molecule has 160 valence electrons. The molecule has 1 aliphatic heterocycles. The Bertz CT molecular complexity index is 860. The number of carbonyl (C=O) groups excluding carboxylic acids is 1. The summed E-state index contributed by atoms with van der Waals surface area (Å²) < 4.78 is 33.5. The molecule has 2 heterocycles. The number of nitrogens with one attached hydrogen (secondary N) is 1. The predicted molar refractivity (Wildman–Crippen MR) is 111 cm³/mol. The van der Waals surface area contributed by atoms with Gasteiger partial charge < -0.3 is 20.4 Å². The van der Waals surface area contributed by atoms with Gasteiger partial charge in [0.1, 0.15) is 0 Å². The molecule has 7 heteroatoms. The zero-order valence-corrected chi connectivity index (χ0v) is 17.4. The first-order valence-corrected chi connectivity index (χ1v) is 10.3. The van der Waals surface area contributed by atoms with E-state index in [-0.39, 0.29) is 5.97 Å². The van der Waals surface area contributed by atoms with E-state index < -0.39 is 17.8 Å². The summed E-state index contributed by atoms with van der Waals surface area (Å²) in [5, 5.41) is 0.988. The summed E-state index contributed by atoms with van der Waals surface area (Å²) in [6, 6.07) is 5.66. The molecule has 2 aromatic rings. The zero-order valence-electron chi connectivity index (χ0n) is 17.4. The van der Waals surface area contributed by atoms with E-state index in [1.54, 1.807) is 0 Å². The molecule has 3 rings (SSSR count). The molecule has 0 saturated carbocycles. The molecule has 29 heavy (non-hydrogen) atoms. The van der Waals surface area contributed by atoms with Crippen LogP contribution in [0.5, 0.6) is 0 Å². The summed E-state index contributed by atoms with van der Waals surface area (Å²) in [7, 11) is 1.37. The number of ether oxygens (including phenoxy) is 1. The number of hydrogen-bond acceptors (Lipinski definition) is 4. The highest BCUT2D eigenvalue weighted by atomic mass is 19.3. The number of carbonyl (C=O) groups is 1. The van der Waals surface area contributed by atoms with Crippen LogP contribution in [-0.2, 0) is 16.0 Å². The highest BCUT2D eigenvalue weighted by molar-refractivity contribution is 5.90. The van der Waals surface area contributed by atoms with E-state index in [0.717, 1.165) is 29.1 Å². The van der Waals surface area contributed by atoms with Crippen molar-refractivity contribution in [2.24, 2.45) is 5.92 Å². The third-order valence-electron chi connectivity index (χ3n) is 6.16. The molecule has 0 fully saturated rings.